The number of anilines is 1. The van der Waals surface area contributed by atoms with Gasteiger partial charge in [-0.3, -0.25) is 13.9 Å². The van der Waals surface area contributed by atoms with E-state index >= 15 is 0 Å². The molecule has 0 fully saturated rings. The van der Waals surface area contributed by atoms with Gasteiger partial charge in [0.25, 0.3) is 10.0 Å². The number of hydrogen-bond acceptors (Lipinski definition) is 4. The molecule has 45 heavy (non-hydrogen) atoms. The average Bonchev–Trinajstić information content (AvgIpc) is 3.03. The topological polar surface area (TPSA) is 86.8 Å². The molecule has 0 aliphatic carbocycles. The molecule has 0 heterocycles. The zero-order chi connectivity index (χ0) is 32.6. The van der Waals surface area contributed by atoms with Gasteiger partial charge in [0.05, 0.1) is 10.6 Å². The van der Waals surface area contributed by atoms with Crippen LogP contribution in [0.4, 0.5) is 5.69 Å². The number of nitrogens with zero attached hydrogens (tertiary/aromatic N) is 2. The van der Waals surface area contributed by atoms with Gasteiger partial charge in [-0.15, -0.1) is 0 Å². The van der Waals surface area contributed by atoms with Crippen LogP contribution >= 0.6 is 0 Å². The highest BCUT2D eigenvalue weighted by Gasteiger charge is 2.35. The molecule has 2 amide bonds. The number of sulfonamides is 1. The first-order valence-electron chi connectivity index (χ1n) is 15.3. The molecule has 7 nitrogen and oxygen atoms in total. The van der Waals surface area contributed by atoms with Crippen molar-refractivity contribution in [3.8, 4) is 0 Å². The summed E-state index contributed by atoms with van der Waals surface area (Å²) in [6.45, 7) is 9.87. The van der Waals surface area contributed by atoms with Gasteiger partial charge in [-0.2, -0.15) is 0 Å². The summed E-state index contributed by atoms with van der Waals surface area (Å²) in [7, 11) is -4.14. The Hall–Kier alpha value is -4.43. The first kappa shape index (κ1) is 33.5. The third-order valence-electron chi connectivity index (χ3n) is 8.01. The van der Waals surface area contributed by atoms with Crippen LogP contribution in [-0.4, -0.2) is 44.3 Å². The van der Waals surface area contributed by atoms with Crippen LogP contribution in [0.1, 0.15) is 41.7 Å². The lowest BCUT2D eigenvalue weighted by molar-refractivity contribution is -0.140. The van der Waals surface area contributed by atoms with Gasteiger partial charge in [-0.05, 0) is 72.7 Å². The maximum atomic E-state index is 14.6. The predicted octanol–water partition coefficient (Wildman–Crippen LogP) is 6.22. The van der Waals surface area contributed by atoms with Gasteiger partial charge in [0.1, 0.15) is 12.6 Å². The number of amides is 2. The van der Waals surface area contributed by atoms with E-state index in [0.29, 0.717) is 12.2 Å². The molecule has 0 aromatic heterocycles. The van der Waals surface area contributed by atoms with Crippen LogP contribution in [0, 0.1) is 26.7 Å². The second kappa shape index (κ2) is 15.0. The molecule has 0 bridgehead atoms. The molecule has 4 aromatic rings. The fraction of sp³-hybridized carbons (Fsp3) is 0.297. The van der Waals surface area contributed by atoms with Crippen molar-refractivity contribution < 1.29 is 18.0 Å². The lowest BCUT2D eigenvalue weighted by Gasteiger charge is -2.34. The number of carbonyl (C=O) groups is 2. The second-order valence-electron chi connectivity index (χ2n) is 11.8. The lowest BCUT2D eigenvalue weighted by atomic mass is 10.0. The van der Waals surface area contributed by atoms with Crippen LogP contribution in [-0.2, 0) is 32.6 Å². The van der Waals surface area contributed by atoms with Crippen LogP contribution in [0.25, 0.3) is 0 Å². The van der Waals surface area contributed by atoms with Gasteiger partial charge in [0.2, 0.25) is 11.8 Å². The Morgan fingerprint density at radius 1 is 0.756 bits per heavy atom. The average molecular weight is 626 g/mol. The Bertz CT molecular complexity index is 1710. The maximum Gasteiger partial charge on any atom is 0.264 e. The van der Waals surface area contributed by atoms with Crippen LogP contribution in [0.5, 0.6) is 0 Å². The number of hydrogen-bond donors (Lipinski definition) is 1. The molecular weight excluding hydrogens is 582 g/mol. The minimum atomic E-state index is -4.14. The van der Waals surface area contributed by atoms with Gasteiger partial charge in [-0.25, -0.2) is 8.42 Å². The van der Waals surface area contributed by atoms with Gasteiger partial charge in [0.15, 0.2) is 0 Å². The molecule has 8 heteroatoms. The van der Waals surface area contributed by atoms with Crippen molar-refractivity contribution in [2.45, 2.75) is 58.5 Å². The number of carbonyl (C=O) groups excluding carboxylic acids is 2. The monoisotopic (exact) mass is 625 g/mol. The van der Waals surface area contributed by atoms with E-state index in [1.165, 1.54) is 16.4 Å². The maximum absolute atomic E-state index is 14.6. The summed E-state index contributed by atoms with van der Waals surface area (Å²) in [5, 5.41) is 3.03. The van der Waals surface area contributed by atoms with E-state index in [1.54, 1.807) is 35.2 Å². The van der Waals surface area contributed by atoms with E-state index in [0.717, 1.165) is 27.8 Å². The van der Waals surface area contributed by atoms with Gasteiger partial charge >= 0.3 is 0 Å². The first-order chi connectivity index (χ1) is 21.5. The van der Waals surface area contributed by atoms with Crippen molar-refractivity contribution in [3.05, 3.63) is 131 Å². The van der Waals surface area contributed by atoms with E-state index < -0.39 is 28.5 Å². The standard InChI is InChI=1S/C37H43N3O4S/c1-27(2)24-38-37(42)35(23-31-17-8-6-9-18-31)39(25-32-19-13-12-15-29(32)4)36(41)26-40(34-22-14-16-28(3)30(34)5)45(43,44)33-20-10-7-11-21-33/h6-22,27,35H,23-26H2,1-5H3,(H,38,42)/t35-/m0/s1. The third-order valence-corrected chi connectivity index (χ3v) is 9.79. The highest BCUT2D eigenvalue weighted by Crippen LogP contribution is 2.29. The number of nitrogens with one attached hydrogen (secondary N) is 1. The molecule has 1 atom stereocenters. The fourth-order valence-electron chi connectivity index (χ4n) is 5.19. The van der Waals surface area contributed by atoms with Crippen LogP contribution in [0.15, 0.2) is 108 Å². The van der Waals surface area contributed by atoms with Crippen molar-refractivity contribution in [3.63, 3.8) is 0 Å². The third kappa shape index (κ3) is 8.39. The SMILES string of the molecule is Cc1ccccc1CN(C(=O)CN(c1cccc(C)c1C)S(=O)(=O)c1ccccc1)[C@@H](Cc1ccccc1)C(=O)NCC(C)C. The Morgan fingerprint density at radius 2 is 1.36 bits per heavy atom. The second-order valence-corrected chi connectivity index (χ2v) is 13.7. The minimum absolute atomic E-state index is 0.0830. The van der Waals surface area contributed by atoms with Crippen LogP contribution in [0.3, 0.4) is 0 Å². The summed E-state index contributed by atoms with van der Waals surface area (Å²) in [5.41, 5.74) is 4.83. The fourth-order valence-corrected chi connectivity index (χ4v) is 6.68. The largest absolute Gasteiger partial charge is 0.354 e. The molecule has 0 spiro atoms. The van der Waals surface area contributed by atoms with Crippen molar-refractivity contribution >= 4 is 27.5 Å². The van der Waals surface area contributed by atoms with Crippen molar-refractivity contribution in [1.82, 2.24) is 10.2 Å². The molecule has 0 aliphatic rings. The summed E-state index contributed by atoms with van der Waals surface area (Å²) in [5.74, 6) is -0.541. The quantitative estimate of drug-likeness (QED) is 0.191. The Morgan fingerprint density at radius 3 is 2.00 bits per heavy atom. The lowest BCUT2D eigenvalue weighted by Crippen LogP contribution is -2.54. The highest BCUT2D eigenvalue weighted by atomic mass is 32.2. The van der Waals surface area contributed by atoms with Crippen LogP contribution < -0.4 is 9.62 Å². The van der Waals surface area contributed by atoms with Crippen molar-refractivity contribution in [1.29, 1.82) is 0 Å². The molecule has 4 aromatic carbocycles. The van der Waals surface area contributed by atoms with E-state index in [9.17, 15) is 18.0 Å². The normalized spacial score (nSPS) is 12.0. The molecule has 0 radical (unpaired) electrons. The molecule has 236 valence electrons. The molecule has 4 rings (SSSR count). The van der Waals surface area contributed by atoms with Gasteiger partial charge < -0.3 is 10.2 Å². The number of benzene rings is 4. The van der Waals surface area contributed by atoms with E-state index in [1.807, 2.05) is 95.3 Å². The molecule has 0 saturated carbocycles. The zero-order valence-corrected chi connectivity index (χ0v) is 27.6. The molecule has 0 aliphatic heterocycles. The minimum Gasteiger partial charge on any atom is -0.354 e. The summed E-state index contributed by atoms with van der Waals surface area (Å²) in [6, 6.07) is 30.0. The van der Waals surface area contributed by atoms with Crippen molar-refractivity contribution in [2.75, 3.05) is 17.4 Å². The predicted molar refractivity (Wildman–Crippen MR) is 180 cm³/mol. The Kier molecular flexibility index (Phi) is 11.2. The molecule has 0 saturated heterocycles. The summed E-state index contributed by atoms with van der Waals surface area (Å²) in [4.78, 5) is 30.2. The zero-order valence-electron chi connectivity index (χ0n) is 26.7. The summed E-state index contributed by atoms with van der Waals surface area (Å²) >= 11 is 0. The number of aryl methyl sites for hydroxylation is 2. The summed E-state index contributed by atoms with van der Waals surface area (Å²) < 4.78 is 29.6. The van der Waals surface area contributed by atoms with Gasteiger partial charge in [-0.1, -0.05) is 98.8 Å². The molecule has 1 N–H and O–H groups in total. The van der Waals surface area contributed by atoms with E-state index in [-0.39, 0.29) is 29.7 Å². The smallest absolute Gasteiger partial charge is 0.264 e. The Labute approximate surface area is 268 Å². The Balaban J connectivity index is 1.83. The molecule has 0 unspecified atom stereocenters. The van der Waals surface area contributed by atoms with Crippen LogP contribution in [0.2, 0.25) is 0 Å². The van der Waals surface area contributed by atoms with Crippen molar-refractivity contribution in [2.24, 2.45) is 5.92 Å². The van der Waals surface area contributed by atoms with Gasteiger partial charge in [0, 0.05) is 19.5 Å². The van der Waals surface area contributed by atoms with E-state index in [2.05, 4.69) is 5.32 Å². The molecular formula is C37H43N3O4S. The first-order valence-corrected chi connectivity index (χ1v) is 16.7. The number of rotatable bonds is 13. The highest BCUT2D eigenvalue weighted by molar-refractivity contribution is 7.92. The van der Waals surface area contributed by atoms with E-state index in [4.69, 9.17) is 0 Å². The summed E-state index contributed by atoms with van der Waals surface area (Å²) in [6.07, 6.45) is 0.275.